The highest BCUT2D eigenvalue weighted by atomic mass is 35.5. The maximum Gasteiger partial charge on any atom is 0.141 e. The Balaban J connectivity index is 2.03. The summed E-state index contributed by atoms with van der Waals surface area (Å²) in [7, 11) is 0. The Hall–Kier alpha value is -1.58. The zero-order valence-corrected chi connectivity index (χ0v) is 12.0. The normalized spacial score (nSPS) is 12.3. The number of benzene rings is 2. The molecule has 4 heteroatoms. The van der Waals surface area contributed by atoms with E-state index in [4.69, 9.17) is 11.6 Å². The van der Waals surface area contributed by atoms with E-state index in [2.05, 4.69) is 12.2 Å². The van der Waals surface area contributed by atoms with Crippen molar-refractivity contribution < 1.29 is 9.50 Å². The van der Waals surface area contributed by atoms with Crippen LogP contribution in [0.5, 0.6) is 5.75 Å². The molecule has 0 aliphatic heterocycles. The fraction of sp³-hybridized carbons (Fsp3) is 0.250. The minimum atomic E-state index is -0.402. The minimum Gasteiger partial charge on any atom is -0.508 e. The Morgan fingerprint density at radius 2 is 1.90 bits per heavy atom. The molecule has 2 aromatic rings. The van der Waals surface area contributed by atoms with Gasteiger partial charge in [-0.15, -0.1) is 0 Å². The topological polar surface area (TPSA) is 32.3 Å². The smallest absolute Gasteiger partial charge is 0.141 e. The Labute approximate surface area is 123 Å². The summed E-state index contributed by atoms with van der Waals surface area (Å²) in [6.45, 7) is 2.70. The lowest BCUT2D eigenvalue weighted by molar-refractivity contribution is 0.473. The van der Waals surface area contributed by atoms with E-state index in [0.29, 0.717) is 6.54 Å². The maximum absolute atomic E-state index is 13.1. The number of phenols is 1. The Morgan fingerprint density at radius 3 is 2.50 bits per heavy atom. The molecular weight excluding hydrogens is 277 g/mol. The predicted octanol–water partition coefficient (Wildman–Crippen LogP) is 4.43. The first-order valence-corrected chi connectivity index (χ1v) is 6.94. The van der Waals surface area contributed by atoms with Crippen LogP contribution in [-0.2, 0) is 6.54 Å². The lowest BCUT2D eigenvalue weighted by Gasteiger charge is -2.17. The van der Waals surface area contributed by atoms with Crippen LogP contribution < -0.4 is 5.32 Å². The third-order valence-corrected chi connectivity index (χ3v) is 3.53. The molecule has 106 valence electrons. The lowest BCUT2D eigenvalue weighted by atomic mass is 10.0. The van der Waals surface area contributed by atoms with E-state index in [1.54, 1.807) is 24.3 Å². The molecule has 0 saturated heterocycles. The molecule has 20 heavy (non-hydrogen) atoms. The monoisotopic (exact) mass is 293 g/mol. The van der Waals surface area contributed by atoms with E-state index in [1.165, 1.54) is 6.07 Å². The van der Waals surface area contributed by atoms with Gasteiger partial charge in [0.1, 0.15) is 11.6 Å². The largest absolute Gasteiger partial charge is 0.508 e. The molecule has 1 unspecified atom stereocenters. The van der Waals surface area contributed by atoms with Gasteiger partial charge in [0.05, 0.1) is 5.02 Å². The van der Waals surface area contributed by atoms with Crippen molar-refractivity contribution in [3.05, 3.63) is 64.4 Å². The second-order valence-electron chi connectivity index (χ2n) is 4.68. The summed E-state index contributed by atoms with van der Waals surface area (Å²) < 4.78 is 13.1. The van der Waals surface area contributed by atoms with Crippen LogP contribution >= 0.6 is 11.6 Å². The summed E-state index contributed by atoms with van der Waals surface area (Å²) in [5, 5.41) is 12.9. The minimum absolute atomic E-state index is 0.141. The second-order valence-corrected chi connectivity index (χ2v) is 5.09. The molecule has 0 aliphatic rings. The second kappa shape index (κ2) is 6.73. The van der Waals surface area contributed by atoms with Crippen LogP contribution in [0.1, 0.15) is 30.5 Å². The molecule has 2 N–H and O–H groups in total. The average molecular weight is 294 g/mol. The van der Waals surface area contributed by atoms with E-state index in [-0.39, 0.29) is 16.8 Å². The van der Waals surface area contributed by atoms with Gasteiger partial charge in [0, 0.05) is 12.6 Å². The van der Waals surface area contributed by atoms with E-state index >= 15 is 0 Å². The molecule has 0 spiro atoms. The van der Waals surface area contributed by atoms with Crippen molar-refractivity contribution in [3.63, 3.8) is 0 Å². The molecule has 0 radical (unpaired) electrons. The van der Waals surface area contributed by atoms with Crippen LogP contribution in [-0.4, -0.2) is 5.11 Å². The van der Waals surface area contributed by atoms with Gasteiger partial charge in [-0.05, 0) is 41.8 Å². The standard InChI is InChI=1S/C16H17ClFNO/c1-2-16(12-4-6-13(20)7-5-12)19-10-11-3-8-15(18)14(17)9-11/h3-9,16,19-20H,2,10H2,1H3. The van der Waals surface area contributed by atoms with Crippen molar-refractivity contribution in [1.29, 1.82) is 0 Å². The number of rotatable bonds is 5. The Morgan fingerprint density at radius 1 is 1.20 bits per heavy atom. The van der Waals surface area contributed by atoms with Crippen LogP contribution in [0.15, 0.2) is 42.5 Å². The first-order valence-electron chi connectivity index (χ1n) is 6.56. The summed E-state index contributed by atoms with van der Waals surface area (Å²) in [6.07, 6.45) is 0.916. The van der Waals surface area contributed by atoms with Gasteiger partial charge in [0.25, 0.3) is 0 Å². The van der Waals surface area contributed by atoms with Gasteiger partial charge < -0.3 is 10.4 Å². The first-order chi connectivity index (χ1) is 9.60. The van der Waals surface area contributed by atoms with Crippen LogP contribution in [0, 0.1) is 5.82 Å². The highest BCUT2D eigenvalue weighted by Crippen LogP contribution is 2.21. The SMILES string of the molecule is CCC(NCc1ccc(F)c(Cl)c1)c1ccc(O)cc1. The van der Waals surface area contributed by atoms with Crippen LogP contribution in [0.2, 0.25) is 5.02 Å². The van der Waals surface area contributed by atoms with Crippen molar-refractivity contribution in [2.24, 2.45) is 0 Å². The third-order valence-electron chi connectivity index (χ3n) is 3.24. The molecule has 2 nitrogen and oxygen atoms in total. The highest BCUT2D eigenvalue weighted by Gasteiger charge is 2.09. The lowest BCUT2D eigenvalue weighted by Crippen LogP contribution is -2.20. The van der Waals surface area contributed by atoms with Gasteiger partial charge in [-0.3, -0.25) is 0 Å². The molecular formula is C16H17ClFNO. The van der Waals surface area contributed by atoms with Crippen LogP contribution in [0.4, 0.5) is 4.39 Å². The van der Waals surface area contributed by atoms with Crippen molar-refractivity contribution >= 4 is 11.6 Å². The highest BCUT2D eigenvalue weighted by molar-refractivity contribution is 6.30. The molecule has 0 heterocycles. The molecule has 0 bridgehead atoms. The number of hydrogen-bond donors (Lipinski definition) is 2. The molecule has 0 fully saturated rings. The fourth-order valence-electron chi connectivity index (χ4n) is 2.10. The van der Waals surface area contributed by atoms with Gasteiger partial charge in [-0.25, -0.2) is 4.39 Å². The molecule has 1 atom stereocenters. The van der Waals surface area contributed by atoms with E-state index in [0.717, 1.165) is 17.5 Å². The van der Waals surface area contributed by atoms with Gasteiger partial charge in [-0.1, -0.05) is 36.7 Å². The van der Waals surface area contributed by atoms with Crippen molar-refractivity contribution in [2.75, 3.05) is 0 Å². The summed E-state index contributed by atoms with van der Waals surface area (Å²) >= 11 is 5.77. The molecule has 0 saturated carbocycles. The number of nitrogens with one attached hydrogen (secondary N) is 1. The maximum atomic E-state index is 13.1. The summed E-state index contributed by atoms with van der Waals surface area (Å²) in [6, 6.07) is 12.1. The molecule has 0 amide bonds. The fourth-order valence-corrected chi connectivity index (χ4v) is 2.30. The van der Waals surface area contributed by atoms with E-state index < -0.39 is 5.82 Å². The predicted molar refractivity (Wildman–Crippen MR) is 79.4 cm³/mol. The zero-order chi connectivity index (χ0) is 14.5. The average Bonchev–Trinajstić information content (AvgIpc) is 2.45. The van der Waals surface area contributed by atoms with Crippen molar-refractivity contribution in [1.82, 2.24) is 5.32 Å². The van der Waals surface area contributed by atoms with Gasteiger partial charge in [0.2, 0.25) is 0 Å². The van der Waals surface area contributed by atoms with Gasteiger partial charge in [0.15, 0.2) is 0 Å². The Bertz CT molecular complexity index is 571. The molecule has 0 aliphatic carbocycles. The van der Waals surface area contributed by atoms with Crippen molar-refractivity contribution in [3.8, 4) is 5.75 Å². The van der Waals surface area contributed by atoms with E-state index in [1.807, 2.05) is 12.1 Å². The van der Waals surface area contributed by atoms with Gasteiger partial charge >= 0.3 is 0 Å². The summed E-state index contributed by atoms with van der Waals surface area (Å²) in [5.74, 6) is -0.144. The third kappa shape index (κ3) is 3.71. The number of hydrogen-bond acceptors (Lipinski definition) is 2. The van der Waals surface area contributed by atoms with Crippen LogP contribution in [0.3, 0.4) is 0 Å². The number of aromatic hydroxyl groups is 1. The number of phenolic OH excluding ortho intramolecular Hbond substituents is 1. The van der Waals surface area contributed by atoms with Gasteiger partial charge in [-0.2, -0.15) is 0 Å². The van der Waals surface area contributed by atoms with Crippen molar-refractivity contribution in [2.45, 2.75) is 25.9 Å². The quantitative estimate of drug-likeness (QED) is 0.855. The van der Waals surface area contributed by atoms with E-state index in [9.17, 15) is 9.50 Å². The zero-order valence-electron chi connectivity index (χ0n) is 11.2. The molecule has 2 rings (SSSR count). The summed E-state index contributed by atoms with van der Waals surface area (Å²) in [5.41, 5.74) is 2.05. The molecule has 0 aromatic heterocycles. The molecule has 2 aromatic carbocycles. The summed E-state index contributed by atoms with van der Waals surface area (Å²) in [4.78, 5) is 0. The van der Waals surface area contributed by atoms with Crippen LogP contribution in [0.25, 0.3) is 0 Å². The first kappa shape index (κ1) is 14.8. The Kier molecular flexibility index (Phi) is 4.99. The number of halogens is 2.